The summed E-state index contributed by atoms with van der Waals surface area (Å²) in [6, 6.07) is 13.2. The summed E-state index contributed by atoms with van der Waals surface area (Å²) in [5.74, 6) is 1.03. The van der Waals surface area contributed by atoms with Crippen molar-refractivity contribution in [1.29, 1.82) is 0 Å². The van der Waals surface area contributed by atoms with E-state index in [-0.39, 0.29) is 5.63 Å². The summed E-state index contributed by atoms with van der Waals surface area (Å²) in [5, 5.41) is 1.89. The molecule has 0 amide bonds. The maximum atomic E-state index is 11.9. The molecule has 146 valence electrons. The molecule has 1 aromatic heterocycles. The Balaban J connectivity index is 1.79. The van der Waals surface area contributed by atoms with E-state index >= 15 is 0 Å². The van der Waals surface area contributed by atoms with Crippen LogP contribution in [0, 0.1) is 6.92 Å². The average Bonchev–Trinajstić information content (AvgIpc) is 2.67. The van der Waals surface area contributed by atoms with Crippen molar-refractivity contribution in [3.05, 3.63) is 74.6 Å². The van der Waals surface area contributed by atoms with Crippen molar-refractivity contribution in [2.45, 2.75) is 38.9 Å². The SMILES string of the molecule is CC[C@H](C)c1ccc(N=C(N)SCc2cc(=O)oc3cc(C)c(Cl)cc23)cc1. The van der Waals surface area contributed by atoms with E-state index in [4.69, 9.17) is 21.8 Å². The number of fused-ring (bicyclic) bond motifs is 1. The summed E-state index contributed by atoms with van der Waals surface area (Å²) < 4.78 is 5.30. The van der Waals surface area contributed by atoms with E-state index in [0.29, 0.717) is 27.4 Å². The molecule has 0 aliphatic rings. The van der Waals surface area contributed by atoms with Crippen molar-refractivity contribution >= 4 is 45.2 Å². The molecule has 2 N–H and O–H groups in total. The lowest BCUT2D eigenvalue weighted by molar-refractivity contribution is 0.559. The lowest BCUT2D eigenvalue weighted by Gasteiger charge is -2.09. The molecule has 0 fully saturated rings. The Hall–Kier alpha value is -2.24. The van der Waals surface area contributed by atoms with E-state index < -0.39 is 0 Å². The van der Waals surface area contributed by atoms with Gasteiger partial charge in [-0.1, -0.05) is 49.3 Å². The van der Waals surface area contributed by atoms with E-state index in [2.05, 4.69) is 31.0 Å². The number of halogens is 1. The fraction of sp³-hybridized carbons (Fsp3) is 0.273. The first-order valence-corrected chi connectivity index (χ1v) is 10.5. The second kappa shape index (κ2) is 8.84. The highest BCUT2D eigenvalue weighted by Gasteiger charge is 2.10. The molecule has 0 aliphatic heterocycles. The molecule has 6 heteroatoms. The quantitative estimate of drug-likeness (QED) is 0.309. The van der Waals surface area contributed by atoms with Gasteiger partial charge in [-0.25, -0.2) is 9.79 Å². The molecule has 1 heterocycles. The number of aliphatic imine (C=N–C) groups is 1. The van der Waals surface area contributed by atoms with Crippen molar-refractivity contribution in [2.24, 2.45) is 10.7 Å². The van der Waals surface area contributed by atoms with Gasteiger partial charge in [-0.15, -0.1) is 0 Å². The minimum absolute atomic E-state index is 0.388. The van der Waals surface area contributed by atoms with Crippen LogP contribution in [-0.4, -0.2) is 5.17 Å². The number of amidine groups is 1. The zero-order valence-electron chi connectivity index (χ0n) is 16.2. The third-order valence-electron chi connectivity index (χ3n) is 4.80. The zero-order chi connectivity index (χ0) is 20.3. The highest BCUT2D eigenvalue weighted by molar-refractivity contribution is 8.13. The topological polar surface area (TPSA) is 68.6 Å². The van der Waals surface area contributed by atoms with E-state index in [1.807, 2.05) is 25.1 Å². The van der Waals surface area contributed by atoms with Crippen LogP contribution in [0.2, 0.25) is 5.02 Å². The molecule has 0 saturated heterocycles. The molecule has 3 aromatic rings. The Kier molecular flexibility index (Phi) is 6.47. The summed E-state index contributed by atoms with van der Waals surface area (Å²) in [5.41, 5.74) is 10.0. The minimum atomic E-state index is -0.388. The van der Waals surface area contributed by atoms with Crippen molar-refractivity contribution < 1.29 is 4.42 Å². The third kappa shape index (κ3) is 4.78. The van der Waals surface area contributed by atoms with Crippen LogP contribution in [0.1, 0.15) is 42.9 Å². The molecule has 0 unspecified atom stereocenters. The Morgan fingerprint density at radius 1 is 1.25 bits per heavy atom. The van der Waals surface area contributed by atoms with Gasteiger partial charge in [0.1, 0.15) is 5.58 Å². The predicted octanol–water partition coefficient (Wildman–Crippen LogP) is 6.15. The summed E-state index contributed by atoms with van der Waals surface area (Å²) >= 11 is 7.62. The standard InChI is InChI=1S/C22H23ClN2O2S/c1-4-13(2)15-5-7-17(8-6-15)25-22(24)28-12-16-10-21(26)27-20-9-14(3)19(23)11-18(16)20/h5-11,13H,4,12H2,1-3H3,(H2,24,25)/t13-/m0/s1. The summed E-state index contributed by atoms with van der Waals surface area (Å²) in [4.78, 5) is 16.3. The van der Waals surface area contributed by atoms with Crippen LogP contribution in [0.25, 0.3) is 11.0 Å². The zero-order valence-corrected chi connectivity index (χ0v) is 17.7. The Morgan fingerprint density at radius 3 is 2.64 bits per heavy atom. The third-order valence-corrected chi connectivity index (χ3v) is 6.05. The number of aryl methyl sites for hydroxylation is 1. The van der Waals surface area contributed by atoms with E-state index in [1.54, 1.807) is 6.07 Å². The molecule has 0 radical (unpaired) electrons. The van der Waals surface area contributed by atoms with Gasteiger partial charge < -0.3 is 10.2 Å². The lowest BCUT2D eigenvalue weighted by Crippen LogP contribution is -2.07. The summed E-state index contributed by atoms with van der Waals surface area (Å²) in [6.45, 7) is 6.26. The molecule has 2 aromatic carbocycles. The monoisotopic (exact) mass is 414 g/mol. The van der Waals surface area contributed by atoms with Gasteiger partial charge in [-0.05, 0) is 60.2 Å². The molecule has 4 nitrogen and oxygen atoms in total. The van der Waals surface area contributed by atoms with Crippen molar-refractivity contribution in [3.8, 4) is 0 Å². The highest BCUT2D eigenvalue weighted by Crippen LogP contribution is 2.28. The van der Waals surface area contributed by atoms with Crippen LogP contribution in [0.4, 0.5) is 5.69 Å². The molecule has 0 saturated carbocycles. The van der Waals surface area contributed by atoms with Gasteiger partial charge in [0.05, 0.1) is 5.69 Å². The Morgan fingerprint density at radius 2 is 1.96 bits per heavy atom. The predicted molar refractivity (Wildman–Crippen MR) is 120 cm³/mol. The van der Waals surface area contributed by atoms with Crippen LogP contribution >= 0.6 is 23.4 Å². The molecular formula is C22H23ClN2O2S. The second-order valence-corrected chi connectivity index (χ2v) is 8.23. The number of nitrogens with zero attached hydrogens (tertiary/aromatic N) is 1. The van der Waals surface area contributed by atoms with Crippen molar-refractivity contribution in [1.82, 2.24) is 0 Å². The smallest absolute Gasteiger partial charge is 0.336 e. The molecule has 3 rings (SSSR count). The molecule has 1 atom stereocenters. The number of nitrogens with two attached hydrogens (primary N) is 1. The van der Waals surface area contributed by atoms with Crippen LogP contribution < -0.4 is 11.4 Å². The van der Waals surface area contributed by atoms with Crippen molar-refractivity contribution in [2.75, 3.05) is 0 Å². The maximum Gasteiger partial charge on any atom is 0.336 e. The Bertz CT molecular complexity index is 1070. The number of rotatable bonds is 5. The largest absolute Gasteiger partial charge is 0.423 e. The lowest BCUT2D eigenvalue weighted by atomic mass is 9.99. The van der Waals surface area contributed by atoms with Gasteiger partial charge >= 0.3 is 5.63 Å². The number of hydrogen-bond donors (Lipinski definition) is 1. The molecular weight excluding hydrogens is 392 g/mol. The van der Waals surface area contributed by atoms with Gasteiger partial charge in [0.15, 0.2) is 5.17 Å². The minimum Gasteiger partial charge on any atom is -0.423 e. The van der Waals surface area contributed by atoms with Crippen molar-refractivity contribution in [3.63, 3.8) is 0 Å². The molecule has 28 heavy (non-hydrogen) atoms. The normalized spacial score (nSPS) is 13.1. The highest BCUT2D eigenvalue weighted by atomic mass is 35.5. The van der Waals surface area contributed by atoms with Gasteiger partial charge in [0, 0.05) is 22.2 Å². The number of benzene rings is 2. The van der Waals surface area contributed by atoms with Gasteiger partial charge in [0.25, 0.3) is 0 Å². The summed E-state index contributed by atoms with van der Waals surface area (Å²) in [7, 11) is 0. The molecule has 0 bridgehead atoms. The van der Waals surface area contributed by atoms with Gasteiger partial charge in [-0.3, -0.25) is 0 Å². The van der Waals surface area contributed by atoms with E-state index in [0.717, 1.165) is 28.6 Å². The summed E-state index contributed by atoms with van der Waals surface area (Å²) in [6.07, 6.45) is 1.10. The van der Waals surface area contributed by atoms with Gasteiger partial charge in [-0.2, -0.15) is 0 Å². The van der Waals surface area contributed by atoms with E-state index in [1.165, 1.54) is 23.4 Å². The van der Waals surface area contributed by atoms with Crippen LogP contribution in [-0.2, 0) is 5.75 Å². The van der Waals surface area contributed by atoms with Crippen LogP contribution in [0.15, 0.2) is 56.7 Å². The number of hydrogen-bond acceptors (Lipinski definition) is 4. The fourth-order valence-corrected chi connectivity index (χ4v) is 3.77. The number of thioether (sulfide) groups is 1. The average molecular weight is 415 g/mol. The molecule has 0 spiro atoms. The maximum absolute atomic E-state index is 11.9. The first kappa shape index (κ1) is 20.5. The first-order chi connectivity index (χ1) is 13.4. The van der Waals surface area contributed by atoms with Crippen LogP contribution in [0.5, 0.6) is 0 Å². The molecule has 0 aliphatic carbocycles. The Labute approximate surface area is 173 Å². The fourth-order valence-electron chi connectivity index (χ4n) is 2.89. The van der Waals surface area contributed by atoms with Gasteiger partial charge in [0.2, 0.25) is 0 Å². The van der Waals surface area contributed by atoms with Crippen LogP contribution in [0.3, 0.4) is 0 Å². The first-order valence-electron chi connectivity index (χ1n) is 9.17. The van der Waals surface area contributed by atoms with E-state index in [9.17, 15) is 4.79 Å². The second-order valence-electron chi connectivity index (χ2n) is 6.83.